The molecule has 0 spiro atoms. The maximum Gasteiger partial charge on any atom is 0.335 e. The van der Waals surface area contributed by atoms with E-state index in [2.05, 4.69) is 69.4 Å². The summed E-state index contributed by atoms with van der Waals surface area (Å²) >= 11 is 0. The van der Waals surface area contributed by atoms with Crippen LogP contribution in [0.25, 0.3) is 0 Å². The highest BCUT2D eigenvalue weighted by Crippen LogP contribution is 2.27. The van der Waals surface area contributed by atoms with E-state index < -0.39 is 67.3 Å². The third-order valence-corrected chi connectivity index (χ3v) is 15.9. The number of unbranched alkanes of at least 4 members (excludes halogenated alkanes) is 38. The fourth-order valence-electron chi connectivity index (χ4n) is 10.5. The molecule has 0 aromatic carbocycles. The summed E-state index contributed by atoms with van der Waals surface area (Å²) < 4.78 is 28.6. The predicted molar refractivity (Wildman–Crippen MR) is 340 cm³/mol. The third-order valence-electron chi connectivity index (χ3n) is 15.9. The fraction of sp³-hybridized carbons (Fsp3) is 0.831. The fourth-order valence-corrected chi connectivity index (χ4v) is 10.5. The Labute approximate surface area is 507 Å². The van der Waals surface area contributed by atoms with Crippen LogP contribution in [0.1, 0.15) is 329 Å². The number of aliphatic hydroxyl groups is 2. The molecule has 1 fully saturated rings. The van der Waals surface area contributed by atoms with E-state index in [1.165, 1.54) is 173 Å². The van der Waals surface area contributed by atoms with Crippen molar-refractivity contribution in [2.45, 2.75) is 366 Å². The molecule has 6 atom stereocenters. The van der Waals surface area contributed by atoms with Crippen molar-refractivity contribution in [2.24, 2.45) is 0 Å². The molecule has 1 aliphatic rings. The number of aliphatic hydroxyl groups excluding tert-OH is 2. The predicted octanol–water partition coefficient (Wildman–Crippen LogP) is 18.9. The molecule has 1 heterocycles. The second kappa shape index (κ2) is 59.0. The molecule has 1 rings (SSSR count). The second-order valence-electron chi connectivity index (χ2n) is 23.8. The van der Waals surface area contributed by atoms with Crippen LogP contribution in [0, 0.1) is 0 Å². The van der Waals surface area contributed by atoms with Gasteiger partial charge < -0.3 is 39.0 Å². The number of ether oxygens (including phenoxy) is 5. The highest BCUT2D eigenvalue weighted by molar-refractivity contribution is 5.74. The Kier molecular flexibility index (Phi) is 55.3. The van der Waals surface area contributed by atoms with E-state index in [0.29, 0.717) is 19.3 Å². The Morgan fingerprint density at radius 3 is 1.13 bits per heavy atom. The van der Waals surface area contributed by atoms with Crippen LogP contribution >= 0.6 is 0 Å². The van der Waals surface area contributed by atoms with Crippen LogP contribution in [0.4, 0.5) is 0 Å². The molecule has 1 saturated heterocycles. The zero-order valence-corrected chi connectivity index (χ0v) is 53.5. The summed E-state index contributed by atoms with van der Waals surface area (Å²) in [7, 11) is 0. The second-order valence-corrected chi connectivity index (χ2v) is 23.8. The number of allylic oxidation sites excluding steroid dienone is 8. The van der Waals surface area contributed by atoms with E-state index >= 15 is 0 Å². The average molecular weight is 1170 g/mol. The molecule has 0 saturated carbocycles. The molecular formula is C71H126O12. The van der Waals surface area contributed by atoms with Gasteiger partial charge in [-0.15, -0.1) is 0 Å². The van der Waals surface area contributed by atoms with Crippen molar-refractivity contribution < 1.29 is 58.2 Å². The van der Waals surface area contributed by atoms with Crippen molar-refractivity contribution in [3.63, 3.8) is 0 Å². The summed E-state index contributed by atoms with van der Waals surface area (Å²) in [5, 5.41) is 31.6. The van der Waals surface area contributed by atoms with E-state index in [1.807, 2.05) is 0 Å². The molecule has 3 N–H and O–H groups in total. The summed E-state index contributed by atoms with van der Waals surface area (Å²) in [5.74, 6) is -3.11. The molecule has 0 radical (unpaired) electrons. The molecule has 1 aliphatic heterocycles. The van der Waals surface area contributed by atoms with Crippen LogP contribution in [0.5, 0.6) is 0 Å². The number of carbonyl (C=O) groups excluding carboxylic acids is 3. The molecule has 12 heteroatoms. The van der Waals surface area contributed by atoms with Crippen molar-refractivity contribution in [2.75, 3.05) is 13.2 Å². The highest BCUT2D eigenvalue weighted by Gasteiger charge is 2.50. The highest BCUT2D eigenvalue weighted by atomic mass is 16.7. The van der Waals surface area contributed by atoms with Crippen molar-refractivity contribution in [3.8, 4) is 0 Å². The summed E-state index contributed by atoms with van der Waals surface area (Å²) in [5.41, 5.74) is 0. The first-order chi connectivity index (χ1) is 40.6. The Bertz CT molecular complexity index is 1630. The Hall–Kier alpha value is -3.32. The molecule has 83 heavy (non-hydrogen) atoms. The summed E-state index contributed by atoms with van der Waals surface area (Å²) in [6, 6.07) is 0. The van der Waals surface area contributed by atoms with Crippen molar-refractivity contribution >= 4 is 23.9 Å². The first-order valence-electron chi connectivity index (χ1n) is 34.6. The van der Waals surface area contributed by atoms with Crippen molar-refractivity contribution in [3.05, 3.63) is 48.6 Å². The van der Waals surface area contributed by atoms with Gasteiger partial charge in [-0.2, -0.15) is 0 Å². The van der Waals surface area contributed by atoms with E-state index in [0.717, 1.165) is 96.3 Å². The maximum atomic E-state index is 13.2. The van der Waals surface area contributed by atoms with Gasteiger partial charge in [0.2, 0.25) is 0 Å². The summed E-state index contributed by atoms with van der Waals surface area (Å²) in [6.07, 6.45) is 60.6. The van der Waals surface area contributed by atoms with Gasteiger partial charge in [-0.05, 0) is 83.5 Å². The number of esters is 3. The Balaban J connectivity index is 2.64. The van der Waals surface area contributed by atoms with Gasteiger partial charge in [-0.3, -0.25) is 14.4 Å². The quantitative estimate of drug-likeness (QED) is 0.0228. The van der Waals surface area contributed by atoms with Gasteiger partial charge in [-0.25, -0.2) is 4.79 Å². The molecule has 0 bridgehead atoms. The van der Waals surface area contributed by atoms with E-state index in [9.17, 15) is 34.5 Å². The first-order valence-corrected chi connectivity index (χ1v) is 34.6. The SMILES string of the molecule is CCCCC/C=C\C/C=C\C/C=C\CCCCCCCCC(=O)OC1C(OCC(COC(=O)CCCCCCCCC/C=C\CCCCCCCC)OC(=O)CCCCCCCCCCCCCCCCCCC)OC(C(=O)O)C(O)C1O. The van der Waals surface area contributed by atoms with Crippen LogP contribution in [0.15, 0.2) is 48.6 Å². The van der Waals surface area contributed by atoms with E-state index in [4.69, 9.17) is 23.7 Å². The number of hydrogen-bond donors (Lipinski definition) is 3. The Morgan fingerprint density at radius 2 is 0.723 bits per heavy atom. The van der Waals surface area contributed by atoms with Gasteiger partial charge in [0.05, 0.1) is 6.61 Å². The molecule has 0 aliphatic carbocycles. The molecule has 0 aromatic heterocycles. The zero-order valence-electron chi connectivity index (χ0n) is 53.5. The van der Waals surface area contributed by atoms with Crippen LogP contribution in [-0.2, 0) is 42.9 Å². The summed E-state index contributed by atoms with van der Waals surface area (Å²) in [4.78, 5) is 51.4. The number of carboxylic acids is 1. The van der Waals surface area contributed by atoms with Crippen molar-refractivity contribution in [1.29, 1.82) is 0 Å². The van der Waals surface area contributed by atoms with E-state index in [1.54, 1.807) is 0 Å². The van der Waals surface area contributed by atoms with E-state index in [-0.39, 0.29) is 25.9 Å². The van der Waals surface area contributed by atoms with Crippen LogP contribution in [0.3, 0.4) is 0 Å². The molecule has 482 valence electrons. The smallest absolute Gasteiger partial charge is 0.335 e. The van der Waals surface area contributed by atoms with Crippen LogP contribution < -0.4 is 0 Å². The number of hydrogen-bond acceptors (Lipinski definition) is 11. The lowest BCUT2D eigenvalue weighted by atomic mass is 9.98. The monoisotopic (exact) mass is 1170 g/mol. The van der Waals surface area contributed by atoms with Gasteiger partial charge in [-0.1, -0.05) is 275 Å². The topological polar surface area (TPSA) is 175 Å². The van der Waals surface area contributed by atoms with Gasteiger partial charge >= 0.3 is 23.9 Å². The molecule has 12 nitrogen and oxygen atoms in total. The van der Waals surface area contributed by atoms with Gasteiger partial charge in [0.25, 0.3) is 0 Å². The lowest BCUT2D eigenvalue weighted by Crippen LogP contribution is -2.61. The maximum absolute atomic E-state index is 13.2. The number of aliphatic carboxylic acids is 1. The van der Waals surface area contributed by atoms with Gasteiger partial charge in [0.15, 0.2) is 24.6 Å². The third kappa shape index (κ3) is 48.5. The van der Waals surface area contributed by atoms with Crippen LogP contribution in [0.2, 0.25) is 0 Å². The minimum atomic E-state index is -1.91. The normalized spacial score (nSPS) is 17.8. The lowest BCUT2D eigenvalue weighted by Gasteiger charge is -2.40. The van der Waals surface area contributed by atoms with Crippen molar-refractivity contribution in [1.82, 2.24) is 0 Å². The number of carboxylic acid groups (broad SMARTS) is 1. The van der Waals surface area contributed by atoms with Gasteiger partial charge in [0, 0.05) is 19.3 Å². The van der Waals surface area contributed by atoms with Gasteiger partial charge in [0.1, 0.15) is 18.8 Å². The molecule has 0 amide bonds. The minimum absolute atomic E-state index is 0.0478. The standard InChI is InChI=1S/C71H126O12/c1-4-7-10-13-16-19-22-25-28-31-32-35-38-41-44-47-50-53-56-59-65(74)82-69-67(76)66(75)68(70(77)78)83-71(69)80-61-62(81-64(73)58-55-52-49-46-43-40-37-34-30-27-24-21-18-15-12-9-6-3)60-79-63(72)57-54-51-48-45-42-39-36-33-29-26-23-20-17-14-11-8-5-2/h16,19,25-26,28-29,32,35,62,66-69,71,75-76H,4-15,17-18,20-24,27,30-31,33-34,36-61H2,1-3H3,(H,77,78)/b19-16-,28-25-,29-26-,35-32-. The Morgan fingerprint density at radius 1 is 0.398 bits per heavy atom. The average Bonchev–Trinajstić information content (AvgIpc) is 3.55. The molecular weight excluding hydrogens is 1040 g/mol. The minimum Gasteiger partial charge on any atom is -0.479 e. The number of rotatable bonds is 60. The molecule has 6 unspecified atom stereocenters. The van der Waals surface area contributed by atoms with Crippen LogP contribution in [-0.4, -0.2) is 89.2 Å². The largest absolute Gasteiger partial charge is 0.479 e. The molecule has 0 aromatic rings. The summed E-state index contributed by atoms with van der Waals surface area (Å²) in [6.45, 7) is 6.02. The number of carbonyl (C=O) groups is 4. The first kappa shape index (κ1) is 77.7. The zero-order chi connectivity index (χ0) is 60.3. The lowest BCUT2D eigenvalue weighted by molar-refractivity contribution is -0.301.